The van der Waals surface area contributed by atoms with Gasteiger partial charge >= 0.3 is 0 Å². The summed E-state index contributed by atoms with van der Waals surface area (Å²) < 4.78 is 6.39. The lowest BCUT2D eigenvalue weighted by atomic mass is 9.77. The monoisotopic (exact) mass is 652 g/mol. The smallest absolute Gasteiger partial charge is 0.136 e. The second kappa shape index (κ2) is 9.86. The molecule has 11 rings (SSSR count). The van der Waals surface area contributed by atoms with Crippen LogP contribution in [0.1, 0.15) is 49.9 Å². The van der Waals surface area contributed by atoms with Gasteiger partial charge in [0.05, 0.1) is 0 Å². The van der Waals surface area contributed by atoms with Crippen LogP contribution in [-0.2, 0) is 10.8 Å². The van der Waals surface area contributed by atoms with Crippen LogP contribution >= 0.6 is 0 Å². The summed E-state index contributed by atoms with van der Waals surface area (Å²) in [5, 5.41) is 7.33. The van der Waals surface area contributed by atoms with Gasteiger partial charge in [0.2, 0.25) is 0 Å². The Bertz CT molecular complexity index is 2910. The van der Waals surface area contributed by atoms with Gasteiger partial charge in [0.15, 0.2) is 0 Å². The molecule has 0 saturated carbocycles. The molecule has 0 fully saturated rings. The van der Waals surface area contributed by atoms with E-state index in [0.717, 1.165) is 21.9 Å². The lowest BCUT2D eigenvalue weighted by Gasteiger charge is -2.26. The first kappa shape index (κ1) is 28.9. The number of rotatable bonds is 2. The number of hydrogen-bond acceptors (Lipinski definition) is 1. The van der Waals surface area contributed by atoms with E-state index in [2.05, 4.69) is 167 Å². The average molecular weight is 653 g/mol. The van der Waals surface area contributed by atoms with Crippen molar-refractivity contribution in [3.63, 3.8) is 0 Å². The molecular weight excluding hydrogens is 617 g/mol. The van der Waals surface area contributed by atoms with Crippen molar-refractivity contribution in [3.8, 4) is 44.5 Å². The van der Waals surface area contributed by atoms with Gasteiger partial charge in [-0.15, -0.1) is 0 Å². The Morgan fingerprint density at radius 1 is 0.353 bits per heavy atom. The maximum atomic E-state index is 6.39. The molecule has 1 aromatic heterocycles. The molecule has 0 N–H and O–H groups in total. The van der Waals surface area contributed by atoms with Gasteiger partial charge in [-0.3, -0.25) is 0 Å². The first-order valence-electron chi connectivity index (χ1n) is 18.1. The first-order valence-corrected chi connectivity index (χ1v) is 18.1. The van der Waals surface area contributed by atoms with Crippen molar-refractivity contribution >= 4 is 43.5 Å². The zero-order valence-corrected chi connectivity index (χ0v) is 29.3. The molecule has 9 aromatic rings. The van der Waals surface area contributed by atoms with Crippen molar-refractivity contribution in [2.24, 2.45) is 0 Å². The number of furan rings is 1. The van der Waals surface area contributed by atoms with Crippen LogP contribution in [-0.4, -0.2) is 0 Å². The molecule has 51 heavy (non-hydrogen) atoms. The summed E-state index contributed by atoms with van der Waals surface area (Å²) in [6, 6.07) is 54.1. The number of hydrogen-bond donors (Lipinski definition) is 0. The van der Waals surface area contributed by atoms with Crippen molar-refractivity contribution in [1.82, 2.24) is 0 Å². The molecule has 242 valence electrons. The molecule has 1 heterocycles. The Morgan fingerprint density at radius 3 is 1.59 bits per heavy atom. The highest BCUT2D eigenvalue weighted by molar-refractivity contribution is 6.22. The molecular formula is C50H36O. The maximum absolute atomic E-state index is 6.39. The van der Waals surface area contributed by atoms with Gasteiger partial charge in [-0.2, -0.15) is 0 Å². The summed E-state index contributed by atoms with van der Waals surface area (Å²) in [4.78, 5) is 0. The van der Waals surface area contributed by atoms with Gasteiger partial charge in [-0.1, -0.05) is 149 Å². The third-order valence-electron chi connectivity index (χ3n) is 12.2. The largest absolute Gasteiger partial charge is 0.456 e. The zero-order chi connectivity index (χ0) is 34.2. The van der Waals surface area contributed by atoms with Gasteiger partial charge in [0, 0.05) is 21.6 Å². The van der Waals surface area contributed by atoms with Crippen molar-refractivity contribution in [3.05, 3.63) is 168 Å². The van der Waals surface area contributed by atoms with Crippen LogP contribution in [0.25, 0.3) is 88.0 Å². The predicted molar refractivity (Wildman–Crippen MR) is 215 cm³/mol. The van der Waals surface area contributed by atoms with Crippen LogP contribution in [0.15, 0.2) is 150 Å². The lowest BCUT2D eigenvalue weighted by molar-refractivity contribution is 0.647. The molecule has 1 nitrogen and oxygen atoms in total. The summed E-state index contributed by atoms with van der Waals surface area (Å²) in [5.41, 5.74) is 17.9. The van der Waals surface area contributed by atoms with Gasteiger partial charge < -0.3 is 4.42 Å². The Hall–Kier alpha value is -5.92. The van der Waals surface area contributed by atoms with Crippen LogP contribution in [0.5, 0.6) is 0 Å². The molecule has 0 amide bonds. The molecule has 2 aliphatic rings. The van der Waals surface area contributed by atoms with E-state index in [1.807, 2.05) is 6.07 Å². The minimum atomic E-state index is -0.0909. The zero-order valence-electron chi connectivity index (χ0n) is 29.3. The fraction of sp³-hybridized carbons (Fsp3) is 0.120. The maximum Gasteiger partial charge on any atom is 0.136 e. The highest BCUT2D eigenvalue weighted by atomic mass is 16.3. The Balaban J connectivity index is 1.18. The molecule has 2 aliphatic carbocycles. The summed E-state index contributed by atoms with van der Waals surface area (Å²) in [6.07, 6.45) is 0. The van der Waals surface area contributed by atoms with Crippen LogP contribution in [0.2, 0.25) is 0 Å². The normalized spacial score (nSPS) is 15.0. The lowest BCUT2D eigenvalue weighted by Crippen LogP contribution is -2.18. The van der Waals surface area contributed by atoms with E-state index >= 15 is 0 Å². The van der Waals surface area contributed by atoms with E-state index in [4.69, 9.17) is 4.42 Å². The fourth-order valence-electron chi connectivity index (χ4n) is 9.90. The molecule has 8 aromatic carbocycles. The molecule has 0 radical (unpaired) electrons. The Morgan fingerprint density at radius 2 is 0.882 bits per heavy atom. The molecule has 0 unspecified atom stereocenters. The molecule has 0 atom stereocenters. The molecule has 0 bridgehead atoms. The first-order chi connectivity index (χ1) is 24.8. The van der Waals surface area contributed by atoms with E-state index in [1.54, 1.807) is 0 Å². The van der Waals surface area contributed by atoms with E-state index in [-0.39, 0.29) is 10.8 Å². The highest BCUT2D eigenvalue weighted by Gasteiger charge is 2.44. The van der Waals surface area contributed by atoms with Crippen LogP contribution < -0.4 is 0 Å². The molecule has 0 spiro atoms. The van der Waals surface area contributed by atoms with Crippen LogP contribution in [0.3, 0.4) is 0 Å². The summed E-state index contributed by atoms with van der Waals surface area (Å²) in [6.45, 7) is 9.62. The number of para-hydroxylation sites is 1. The van der Waals surface area contributed by atoms with Gasteiger partial charge in [-0.05, 0) is 113 Å². The summed E-state index contributed by atoms with van der Waals surface area (Å²) in [7, 11) is 0. The standard InChI is InChI=1S/C50H36O/c1-49(2)41-25-22-29(27-39(41)47-42(49)26-24-38-31-13-9-11-19-40(31)50(3,4)48(38)47)45-34-15-5-7-17-36(34)46(37-18-8-6-16-35(37)45)30-21-23-33-32-14-10-12-20-43(32)51-44(33)28-30/h5-28H,1-4H3. The van der Waals surface area contributed by atoms with Gasteiger partial charge in [-0.25, -0.2) is 0 Å². The molecule has 1 heteroatoms. The van der Waals surface area contributed by atoms with Gasteiger partial charge in [0.25, 0.3) is 0 Å². The molecule has 0 aliphatic heterocycles. The van der Waals surface area contributed by atoms with E-state index in [9.17, 15) is 0 Å². The predicted octanol–water partition coefficient (Wildman–Crippen LogP) is 13.8. The van der Waals surface area contributed by atoms with E-state index < -0.39 is 0 Å². The SMILES string of the molecule is CC1(C)c2ccc(-c3c4ccccc4c(-c4ccc5c(c4)oc4ccccc45)c4ccccc34)cc2-c2c1ccc1c2C(C)(C)c2ccccc2-1. The minimum Gasteiger partial charge on any atom is -0.456 e. The second-order valence-electron chi connectivity index (χ2n) is 15.6. The Kier molecular flexibility index (Phi) is 5.58. The Labute approximate surface area is 297 Å². The quantitative estimate of drug-likeness (QED) is 0.169. The van der Waals surface area contributed by atoms with Crippen molar-refractivity contribution in [1.29, 1.82) is 0 Å². The fourth-order valence-corrected chi connectivity index (χ4v) is 9.90. The van der Waals surface area contributed by atoms with E-state index in [1.165, 1.54) is 88.3 Å². The third kappa shape index (κ3) is 3.71. The molecule has 0 saturated heterocycles. The summed E-state index contributed by atoms with van der Waals surface area (Å²) >= 11 is 0. The topological polar surface area (TPSA) is 13.1 Å². The van der Waals surface area contributed by atoms with Crippen molar-refractivity contribution < 1.29 is 4.42 Å². The minimum absolute atomic E-state index is 0.0903. The van der Waals surface area contributed by atoms with Crippen LogP contribution in [0, 0.1) is 0 Å². The van der Waals surface area contributed by atoms with E-state index in [0.29, 0.717) is 0 Å². The second-order valence-corrected chi connectivity index (χ2v) is 15.6. The summed E-state index contributed by atoms with van der Waals surface area (Å²) in [5.74, 6) is 0. The van der Waals surface area contributed by atoms with Crippen molar-refractivity contribution in [2.75, 3.05) is 0 Å². The van der Waals surface area contributed by atoms with Crippen LogP contribution in [0.4, 0.5) is 0 Å². The number of benzene rings is 8. The number of fused-ring (bicyclic) bond motifs is 12. The van der Waals surface area contributed by atoms with Crippen molar-refractivity contribution in [2.45, 2.75) is 38.5 Å². The average Bonchev–Trinajstić information content (AvgIpc) is 3.72. The van der Waals surface area contributed by atoms with Gasteiger partial charge in [0.1, 0.15) is 11.2 Å². The highest BCUT2D eigenvalue weighted by Crippen LogP contribution is 2.59. The third-order valence-corrected chi connectivity index (χ3v) is 12.2.